The van der Waals surface area contributed by atoms with E-state index < -0.39 is 0 Å². The molecule has 0 saturated heterocycles. The summed E-state index contributed by atoms with van der Waals surface area (Å²) in [4.78, 5) is 4.61. The minimum atomic E-state index is 0.414. The molecule has 0 amide bonds. The average Bonchev–Trinajstić information content (AvgIpc) is 2.56. The first-order valence-corrected chi connectivity index (χ1v) is 5.45. The van der Waals surface area contributed by atoms with Crippen molar-refractivity contribution < 1.29 is 0 Å². The monoisotopic (exact) mass is 213 g/mol. The SMILES string of the molecule is CC(C)c1nc2cc(CC#N)ccc2n1C. The van der Waals surface area contributed by atoms with Gasteiger partial charge in [0.05, 0.1) is 23.5 Å². The average molecular weight is 213 g/mol. The van der Waals surface area contributed by atoms with Crippen molar-refractivity contribution in [3.05, 3.63) is 29.6 Å². The predicted octanol–water partition coefficient (Wildman–Crippen LogP) is 2.76. The van der Waals surface area contributed by atoms with Gasteiger partial charge in [0.15, 0.2) is 0 Å². The fourth-order valence-electron chi connectivity index (χ4n) is 1.98. The van der Waals surface area contributed by atoms with Crippen molar-refractivity contribution >= 4 is 11.0 Å². The van der Waals surface area contributed by atoms with Gasteiger partial charge in [0.1, 0.15) is 5.82 Å². The van der Waals surface area contributed by atoms with Crippen molar-refractivity contribution in [2.75, 3.05) is 0 Å². The summed E-state index contributed by atoms with van der Waals surface area (Å²) in [5, 5.41) is 8.66. The number of aryl methyl sites for hydroxylation is 1. The fourth-order valence-corrected chi connectivity index (χ4v) is 1.98. The van der Waals surface area contributed by atoms with Crippen LogP contribution in [0.5, 0.6) is 0 Å². The summed E-state index contributed by atoms with van der Waals surface area (Å²) in [6, 6.07) is 8.20. The molecule has 0 N–H and O–H groups in total. The topological polar surface area (TPSA) is 41.6 Å². The van der Waals surface area contributed by atoms with Crippen molar-refractivity contribution in [3.63, 3.8) is 0 Å². The maximum absolute atomic E-state index is 8.66. The van der Waals surface area contributed by atoms with Gasteiger partial charge in [0, 0.05) is 13.0 Å². The molecule has 0 aliphatic heterocycles. The largest absolute Gasteiger partial charge is 0.331 e. The molecule has 0 radical (unpaired) electrons. The van der Waals surface area contributed by atoms with Crippen LogP contribution in [0.15, 0.2) is 18.2 Å². The van der Waals surface area contributed by atoms with Crippen LogP contribution in [0.3, 0.4) is 0 Å². The molecule has 16 heavy (non-hydrogen) atoms. The Balaban J connectivity index is 2.59. The minimum Gasteiger partial charge on any atom is -0.331 e. The smallest absolute Gasteiger partial charge is 0.112 e. The summed E-state index contributed by atoms with van der Waals surface area (Å²) in [6.45, 7) is 4.27. The molecule has 1 heterocycles. The molecule has 82 valence electrons. The molecule has 1 aromatic carbocycles. The molecule has 1 aromatic heterocycles. The van der Waals surface area contributed by atoms with Crippen LogP contribution < -0.4 is 0 Å². The second-order valence-electron chi connectivity index (χ2n) is 4.34. The fraction of sp³-hybridized carbons (Fsp3) is 0.385. The highest BCUT2D eigenvalue weighted by atomic mass is 15.1. The number of benzene rings is 1. The van der Waals surface area contributed by atoms with E-state index in [1.165, 1.54) is 0 Å². The molecule has 0 fully saturated rings. The van der Waals surface area contributed by atoms with Crippen molar-refractivity contribution in [1.82, 2.24) is 9.55 Å². The highest BCUT2D eigenvalue weighted by molar-refractivity contribution is 5.77. The number of hydrogen-bond donors (Lipinski definition) is 0. The Labute approximate surface area is 95.3 Å². The summed E-state index contributed by atoms with van der Waals surface area (Å²) in [7, 11) is 2.04. The molecule has 2 aromatic rings. The molecular weight excluding hydrogens is 198 g/mol. The van der Waals surface area contributed by atoms with Crippen molar-refractivity contribution in [2.24, 2.45) is 7.05 Å². The molecule has 0 bridgehead atoms. The Morgan fingerprint density at radius 1 is 1.44 bits per heavy atom. The van der Waals surface area contributed by atoms with Crippen LogP contribution in [0.4, 0.5) is 0 Å². The first kappa shape index (κ1) is 10.7. The van der Waals surface area contributed by atoms with Crippen LogP contribution >= 0.6 is 0 Å². The van der Waals surface area contributed by atoms with Crippen molar-refractivity contribution in [1.29, 1.82) is 5.26 Å². The maximum Gasteiger partial charge on any atom is 0.112 e. The van der Waals surface area contributed by atoms with Crippen LogP contribution in [-0.4, -0.2) is 9.55 Å². The minimum absolute atomic E-state index is 0.414. The summed E-state index contributed by atoms with van der Waals surface area (Å²) in [5.74, 6) is 1.50. The Bertz CT molecular complexity index is 558. The van der Waals surface area contributed by atoms with E-state index >= 15 is 0 Å². The molecule has 0 aliphatic carbocycles. The van der Waals surface area contributed by atoms with E-state index in [2.05, 4.69) is 29.5 Å². The molecule has 3 heteroatoms. The zero-order chi connectivity index (χ0) is 11.7. The molecular formula is C13H15N3. The van der Waals surface area contributed by atoms with Gasteiger partial charge in [-0.1, -0.05) is 19.9 Å². The van der Waals surface area contributed by atoms with E-state index in [9.17, 15) is 0 Å². The Kier molecular flexibility index (Phi) is 2.66. The van der Waals surface area contributed by atoms with Crippen molar-refractivity contribution in [3.8, 4) is 6.07 Å². The molecule has 0 unspecified atom stereocenters. The maximum atomic E-state index is 8.66. The number of nitrogens with zero attached hydrogens (tertiary/aromatic N) is 3. The number of aromatic nitrogens is 2. The highest BCUT2D eigenvalue weighted by Crippen LogP contribution is 2.21. The standard InChI is InChI=1S/C13H15N3/c1-9(2)13-15-11-8-10(6-7-14)4-5-12(11)16(13)3/h4-5,8-9H,6H2,1-3H3. The summed E-state index contributed by atoms with van der Waals surface area (Å²) in [6.07, 6.45) is 0.448. The Hall–Kier alpha value is -1.82. The van der Waals surface area contributed by atoms with Crippen LogP contribution in [-0.2, 0) is 13.5 Å². The Morgan fingerprint density at radius 2 is 2.19 bits per heavy atom. The van der Waals surface area contributed by atoms with Gasteiger partial charge in [-0.3, -0.25) is 0 Å². The molecule has 0 aliphatic rings. The number of rotatable bonds is 2. The van der Waals surface area contributed by atoms with E-state index in [4.69, 9.17) is 5.26 Å². The van der Waals surface area contributed by atoms with E-state index in [1.807, 2.05) is 25.2 Å². The number of nitriles is 1. The first-order chi connectivity index (χ1) is 7.63. The van der Waals surface area contributed by atoms with E-state index in [1.54, 1.807) is 0 Å². The first-order valence-electron chi connectivity index (χ1n) is 5.45. The van der Waals surface area contributed by atoms with Crippen LogP contribution in [0.25, 0.3) is 11.0 Å². The van der Waals surface area contributed by atoms with E-state index in [0.29, 0.717) is 12.3 Å². The number of fused-ring (bicyclic) bond motifs is 1. The second kappa shape index (κ2) is 3.97. The Morgan fingerprint density at radius 3 is 2.81 bits per heavy atom. The summed E-state index contributed by atoms with van der Waals surface area (Å²) in [5.41, 5.74) is 3.15. The van der Waals surface area contributed by atoms with Crippen LogP contribution in [0, 0.1) is 11.3 Å². The predicted molar refractivity (Wildman–Crippen MR) is 64.1 cm³/mol. The highest BCUT2D eigenvalue weighted by Gasteiger charge is 2.10. The third-order valence-electron chi connectivity index (χ3n) is 2.78. The van der Waals surface area contributed by atoms with Gasteiger partial charge in [-0.25, -0.2) is 4.98 Å². The molecule has 0 atom stereocenters. The lowest BCUT2D eigenvalue weighted by atomic mass is 10.1. The van der Waals surface area contributed by atoms with Crippen molar-refractivity contribution in [2.45, 2.75) is 26.2 Å². The van der Waals surface area contributed by atoms with Gasteiger partial charge in [0.2, 0.25) is 0 Å². The van der Waals surface area contributed by atoms with Crippen LogP contribution in [0.2, 0.25) is 0 Å². The van der Waals surface area contributed by atoms with Gasteiger partial charge in [0.25, 0.3) is 0 Å². The lowest BCUT2D eigenvalue weighted by Gasteiger charge is -2.04. The zero-order valence-electron chi connectivity index (χ0n) is 9.86. The third-order valence-corrected chi connectivity index (χ3v) is 2.78. The molecule has 0 saturated carbocycles. The van der Waals surface area contributed by atoms with E-state index in [-0.39, 0.29) is 0 Å². The van der Waals surface area contributed by atoms with Gasteiger partial charge in [-0.05, 0) is 17.7 Å². The molecule has 2 rings (SSSR count). The quantitative estimate of drug-likeness (QED) is 0.769. The summed E-state index contributed by atoms with van der Waals surface area (Å²) < 4.78 is 2.12. The van der Waals surface area contributed by atoms with Crippen LogP contribution in [0.1, 0.15) is 31.2 Å². The lowest BCUT2D eigenvalue weighted by molar-refractivity contribution is 0.722. The summed E-state index contributed by atoms with van der Waals surface area (Å²) >= 11 is 0. The number of imidazole rings is 1. The van der Waals surface area contributed by atoms with E-state index in [0.717, 1.165) is 22.4 Å². The van der Waals surface area contributed by atoms with Gasteiger partial charge in [-0.15, -0.1) is 0 Å². The molecule has 0 spiro atoms. The van der Waals surface area contributed by atoms with Gasteiger partial charge < -0.3 is 4.57 Å². The number of hydrogen-bond acceptors (Lipinski definition) is 2. The third kappa shape index (κ3) is 1.67. The van der Waals surface area contributed by atoms with Gasteiger partial charge in [-0.2, -0.15) is 5.26 Å². The second-order valence-corrected chi connectivity index (χ2v) is 4.34. The lowest BCUT2D eigenvalue weighted by Crippen LogP contribution is -1.99. The van der Waals surface area contributed by atoms with Gasteiger partial charge >= 0.3 is 0 Å². The zero-order valence-corrected chi connectivity index (χ0v) is 9.86. The molecule has 3 nitrogen and oxygen atoms in total. The normalized spacial score (nSPS) is 10.9.